The summed E-state index contributed by atoms with van der Waals surface area (Å²) < 4.78 is 39.2. The molecule has 0 unspecified atom stereocenters. The van der Waals surface area contributed by atoms with Gasteiger partial charge in [0, 0.05) is 24.3 Å². The standard InChI is InChI=1S/C17H22BF2NO3S/c1-10(22)25-9-12(18-23-16(2,3)17(4,5)24-18)6-11-7-13(19)8-14(20)15(11)21/h6-8H,9,21H2,1-5H3. The summed E-state index contributed by atoms with van der Waals surface area (Å²) in [5.74, 6) is -1.30. The highest BCUT2D eigenvalue weighted by Gasteiger charge is 2.52. The first-order valence-corrected chi connectivity index (χ1v) is 8.85. The van der Waals surface area contributed by atoms with Gasteiger partial charge in [-0.1, -0.05) is 17.8 Å². The number of anilines is 1. The first-order chi connectivity index (χ1) is 11.4. The van der Waals surface area contributed by atoms with Crippen LogP contribution in [0.4, 0.5) is 14.5 Å². The Morgan fingerprint density at radius 3 is 2.32 bits per heavy atom. The number of halogens is 2. The van der Waals surface area contributed by atoms with E-state index in [-0.39, 0.29) is 22.1 Å². The zero-order valence-corrected chi connectivity index (χ0v) is 15.8. The molecule has 2 rings (SSSR count). The third-order valence-electron chi connectivity index (χ3n) is 4.47. The maximum atomic E-state index is 13.7. The maximum absolute atomic E-state index is 13.7. The van der Waals surface area contributed by atoms with Crippen LogP contribution in [0.15, 0.2) is 17.6 Å². The third-order valence-corrected chi connectivity index (χ3v) is 5.35. The van der Waals surface area contributed by atoms with Gasteiger partial charge in [0.2, 0.25) is 0 Å². The number of nitrogen functional groups attached to an aromatic ring is 1. The van der Waals surface area contributed by atoms with Crippen molar-refractivity contribution < 1.29 is 22.9 Å². The van der Waals surface area contributed by atoms with Crippen molar-refractivity contribution in [1.29, 1.82) is 0 Å². The molecule has 0 aliphatic carbocycles. The van der Waals surface area contributed by atoms with Crippen LogP contribution in [0.25, 0.3) is 6.08 Å². The lowest BCUT2D eigenvalue weighted by Crippen LogP contribution is -2.41. The Morgan fingerprint density at radius 1 is 1.24 bits per heavy atom. The zero-order valence-electron chi connectivity index (χ0n) is 15.0. The summed E-state index contributed by atoms with van der Waals surface area (Å²) in [5, 5.41) is -0.0826. The van der Waals surface area contributed by atoms with Crippen molar-refractivity contribution in [2.75, 3.05) is 11.5 Å². The van der Waals surface area contributed by atoms with Gasteiger partial charge in [-0.3, -0.25) is 4.79 Å². The second-order valence-electron chi connectivity index (χ2n) is 6.98. The second-order valence-corrected chi connectivity index (χ2v) is 8.13. The Morgan fingerprint density at radius 2 is 1.80 bits per heavy atom. The predicted molar refractivity (Wildman–Crippen MR) is 98.0 cm³/mol. The van der Waals surface area contributed by atoms with Crippen LogP contribution >= 0.6 is 11.8 Å². The number of hydrogen-bond donors (Lipinski definition) is 1. The summed E-state index contributed by atoms with van der Waals surface area (Å²) in [4.78, 5) is 11.4. The molecule has 0 spiro atoms. The van der Waals surface area contributed by atoms with Crippen LogP contribution < -0.4 is 5.73 Å². The van der Waals surface area contributed by atoms with E-state index in [1.54, 1.807) is 0 Å². The number of benzene rings is 1. The van der Waals surface area contributed by atoms with Crippen LogP contribution in [0.3, 0.4) is 0 Å². The van der Waals surface area contributed by atoms with Gasteiger partial charge >= 0.3 is 7.12 Å². The normalized spacial score (nSPS) is 19.3. The molecule has 1 saturated heterocycles. The van der Waals surface area contributed by atoms with Crippen molar-refractivity contribution in [3.8, 4) is 0 Å². The second kappa shape index (κ2) is 7.09. The molecule has 1 aliphatic heterocycles. The number of nitrogens with two attached hydrogens (primary N) is 1. The number of hydrogen-bond acceptors (Lipinski definition) is 5. The van der Waals surface area contributed by atoms with E-state index in [0.29, 0.717) is 5.47 Å². The summed E-state index contributed by atoms with van der Waals surface area (Å²) in [6.45, 7) is 9.05. The molecular formula is C17H22BF2NO3S. The van der Waals surface area contributed by atoms with Gasteiger partial charge < -0.3 is 15.0 Å². The minimum Gasteiger partial charge on any atom is -0.400 e. The summed E-state index contributed by atoms with van der Waals surface area (Å²) >= 11 is 1.06. The van der Waals surface area contributed by atoms with Crippen molar-refractivity contribution >= 4 is 35.8 Å². The van der Waals surface area contributed by atoms with E-state index in [1.165, 1.54) is 13.0 Å². The molecule has 1 fully saturated rings. The van der Waals surface area contributed by atoms with Crippen LogP contribution in [-0.4, -0.2) is 29.2 Å². The highest BCUT2D eigenvalue weighted by atomic mass is 32.2. The highest BCUT2D eigenvalue weighted by Crippen LogP contribution is 2.39. The summed E-state index contributed by atoms with van der Waals surface area (Å²) in [7, 11) is -0.734. The number of thioether (sulfide) groups is 1. The van der Waals surface area contributed by atoms with E-state index in [4.69, 9.17) is 15.0 Å². The van der Waals surface area contributed by atoms with Gasteiger partial charge in [0.15, 0.2) is 5.12 Å². The summed E-state index contributed by atoms with van der Waals surface area (Å²) in [6, 6.07) is 1.87. The van der Waals surface area contributed by atoms with Gasteiger partial charge in [-0.2, -0.15) is 0 Å². The Hall–Kier alpha value is -1.38. The van der Waals surface area contributed by atoms with E-state index in [9.17, 15) is 13.6 Å². The highest BCUT2D eigenvalue weighted by molar-refractivity contribution is 8.13. The number of carbonyl (C=O) groups is 1. The molecule has 4 nitrogen and oxygen atoms in total. The molecule has 0 saturated carbocycles. The smallest absolute Gasteiger partial charge is 0.400 e. The lowest BCUT2D eigenvalue weighted by Gasteiger charge is -2.32. The first-order valence-electron chi connectivity index (χ1n) is 7.87. The zero-order chi connectivity index (χ0) is 19.0. The van der Waals surface area contributed by atoms with E-state index in [1.807, 2.05) is 27.7 Å². The third kappa shape index (κ3) is 4.43. The minimum absolute atomic E-state index is 0.0826. The monoisotopic (exact) mass is 369 g/mol. The first kappa shape index (κ1) is 19.9. The molecule has 136 valence electrons. The number of rotatable bonds is 4. The average molecular weight is 369 g/mol. The predicted octanol–water partition coefficient (Wildman–Crippen LogP) is 3.84. The average Bonchev–Trinajstić information content (AvgIpc) is 2.68. The van der Waals surface area contributed by atoms with E-state index < -0.39 is 30.0 Å². The topological polar surface area (TPSA) is 61.6 Å². The molecular weight excluding hydrogens is 347 g/mol. The fourth-order valence-electron chi connectivity index (χ4n) is 2.28. The van der Waals surface area contributed by atoms with Crippen LogP contribution in [0, 0.1) is 11.6 Å². The van der Waals surface area contributed by atoms with Crippen LogP contribution in [0.2, 0.25) is 0 Å². The molecule has 1 aromatic rings. The van der Waals surface area contributed by atoms with Gasteiger partial charge in [0.1, 0.15) is 11.6 Å². The molecule has 0 aromatic heterocycles. The van der Waals surface area contributed by atoms with Gasteiger partial charge in [-0.15, -0.1) is 0 Å². The molecule has 1 heterocycles. The summed E-state index contributed by atoms with van der Waals surface area (Å²) in [6.07, 6.45) is 1.53. The lowest BCUT2D eigenvalue weighted by molar-refractivity contribution is -0.109. The fourth-order valence-corrected chi connectivity index (χ4v) is 2.87. The van der Waals surface area contributed by atoms with Crippen molar-refractivity contribution in [1.82, 2.24) is 0 Å². The van der Waals surface area contributed by atoms with Crippen LogP contribution in [0.1, 0.15) is 40.2 Å². The molecule has 1 aromatic carbocycles. The quantitative estimate of drug-likeness (QED) is 0.646. The van der Waals surface area contributed by atoms with Crippen molar-refractivity contribution in [3.63, 3.8) is 0 Å². The fraction of sp³-hybridized carbons (Fsp3) is 0.471. The van der Waals surface area contributed by atoms with E-state index >= 15 is 0 Å². The molecule has 0 atom stereocenters. The van der Waals surface area contributed by atoms with Crippen molar-refractivity contribution in [2.24, 2.45) is 0 Å². The molecule has 0 radical (unpaired) electrons. The molecule has 0 bridgehead atoms. The van der Waals surface area contributed by atoms with Crippen molar-refractivity contribution in [2.45, 2.75) is 45.8 Å². The van der Waals surface area contributed by atoms with Crippen LogP contribution in [-0.2, 0) is 14.1 Å². The Kier molecular flexibility index (Phi) is 5.66. The van der Waals surface area contributed by atoms with Gasteiger partial charge in [0.05, 0.1) is 16.9 Å². The van der Waals surface area contributed by atoms with E-state index in [2.05, 4.69) is 0 Å². The molecule has 0 amide bonds. The lowest BCUT2D eigenvalue weighted by atomic mass is 9.78. The van der Waals surface area contributed by atoms with Gasteiger partial charge in [-0.25, -0.2) is 8.78 Å². The molecule has 2 N–H and O–H groups in total. The van der Waals surface area contributed by atoms with E-state index in [0.717, 1.165) is 23.9 Å². The number of carbonyl (C=O) groups excluding carboxylic acids is 1. The Balaban J connectivity index is 2.42. The Labute approximate surface area is 151 Å². The minimum atomic E-state index is -0.835. The van der Waals surface area contributed by atoms with Gasteiger partial charge in [-0.05, 0) is 39.2 Å². The van der Waals surface area contributed by atoms with Crippen molar-refractivity contribution in [3.05, 3.63) is 34.8 Å². The molecule has 25 heavy (non-hydrogen) atoms. The van der Waals surface area contributed by atoms with Crippen LogP contribution in [0.5, 0.6) is 0 Å². The molecule has 8 heteroatoms. The SMILES string of the molecule is CC(=O)SCC(=Cc1cc(F)cc(F)c1N)B1OC(C)(C)C(C)(C)O1. The largest absolute Gasteiger partial charge is 0.491 e. The Bertz CT molecular complexity index is 706. The maximum Gasteiger partial charge on any atom is 0.491 e. The van der Waals surface area contributed by atoms with Gasteiger partial charge in [0.25, 0.3) is 0 Å². The molecule has 1 aliphatic rings. The summed E-state index contributed by atoms with van der Waals surface area (Å²) in [5.41, 5.74) is 5.18.